The van der Waals surface area contributed by atoms with E-state index in [1.807, 2.05) is 24.7 Å². The van der Waals surface area contributed by atoms with Gasteiger partial charge in [0.15, 0.2) is 0 Å². The van der Waals surface area contributed by atoms with Crippen LogP contribution in [0.5, 0.6) is 0 Å². The molecule has 4 nitrogen and oxygen atoms in total. The van der Waals surface area contributed by atoms with Crippen LogP contribution in [0.25, 0.3) is 0 Å². The van der Waals surface area contributed by atoms with E-state index >= 15 is 0 Å². The molecule has 5 heteroatoms. The minimum absolute atomic E-state index is 0.0930. The van der Waals surface area contributed by atoms with Gasteiger partial charge in [-0.25, -0.2) is 0 Å². The molecule has 0 saturated heterocycles. The second-order valence-corrected chi connectivity index (χ2v) is 7.07. The maximum Gasteiger partial charge on any atom is 0.114 e. The average molecular weight is 293 g/mol. The van der Waals surface area contributed by atoms with Gasteiger partial charge in [0.2, 0.25) is 0 Å². The summed E-state index contributed by atoms with van der Waals surface area (Å²) in [6.45, 7) is 11.4. The highest BCUT2D eigenvalue weighted by Gasteiger charge is 2.18. The predicted molar refractivity (Wildman–Crippen MR) is 82.1 cm³/mol. The van der Waals surface area contributed by atoms with Crippen LogP contribution in [0.1, 0.15) is 37.8 Å². The highest BCUT2D eigenvalue weighted by molar-refractivity contribution is 7.99. The maximum atomic E-state index is 5.37. The Morgan fingerprint density at radius 2 is 2.05 bits per heavy atom. The molecule has 2 aromatic rings. The Hall–Kier alpha value is -1.20. The van der Waals surface area contributed by atoms with Crippen LogP contribution in [0, 0.1) is 13.8 Å². The van der Waals surface area contributed by atoms with E-state index in [9.17, 15) is 0 Å². The van der Waals surface area contributed by atoms with Crippen LogP contribution in [0.4, 0.5) is 0 Å². The Morgan fingerprint density at radius 3 is 2.60 bits per heavy atom. The molecule has 0 aliphatic carbocycles. The lowest BCUT2D eigenvalue weighted by atomic mass is 10.1. The zero-order valence-electron chi connectivity index (χ0n) is 13.1. The monoisotopic (exact) mass is 293 g/mol. The Balaban J connectivity index is 2.26. The minimum Gasteiger partial charge on any atom is -0.468 e. The molecule has 0 unspecified atom stereocenters. The van der Waals surface area contributed by atoms with Crippen molar-refractivity contribution in [2.24, 2.45) is 7.05 Å². The van der Waals surface area contributed by atoms with E-state index in [2.05, 4.69) is 38.1 Å². The van der Waals surface area contributed by atoms with Crippen LogP contribution in [-0.4, -0.2) is 15.3 Å². The summed E-state index contributed by atoms with van der Waals surface area (Å²) < 4.78 is 7.32. The van der Waals surface area contributed by atoms with Crippen molar-refractivity contribution in [1.29, 1.82) is 0 Å². The highest BCUT2D eigenvalue weighted by atomic mass is 32.2. The SMILES string of the molecule is Cc1nn(C)c(Sc2ccoc2C)c1CNC(C)(C)C. The van der Waals surface area contributed by atoms with E-state index in [1.54, 1.807) is 18.0 Å². The third kappa shape index (κ3) is 3.46. The molecule has 0 atom stereocenters. The summed E-state index contributed by atoms with van der Waals surface area (Å²) in [6.07, 6.45) is 1.73. The molecule has 0 aromatic carbocycles. The van der Waals surface area contributed by atoms with Crippen LogP contribution in [0.3, 0.4) is 0 Å². The van der Waals surface area contributed by atoms with Crippen molar-refractivity contribution < 1.29 is 4.42 Å². The quantitative estimate of drug-likeness (QED) is 0.934. The van der Waals surface area contributed by atoms with Gasteiger partial charge < -0.3 is 9.73 Å². The van der Waals surface area contributed by atoms with Crippen LogP contribution >= 0.6 is 11.8 Å². The molecule has 2 aromatic heterocycles. The summed E-state index contributed by atoms with van der Waals surface area (Å²) in [7, 11) is 1.99. The van der Waals surface area contributed by atoms with E-state index in [1.165, 1.54) is 10.6 Å². The van der Waals surface area contributed by atoms with Gasteiger partial charge in [-0.1, -0.05) is 11.8 Å². The van der Waals surface area contributed by atoms with Gasteiger partial charge in [0.05, 0.1) is 16.9 Å². The van der Waals surface area contributed by atoms with Crippen LogP contribution in [0.15, 0.2) is 26.7 Å². The Labute approximate surface area is 124 Å². The normalized spacial score (nSPS) is 12.1. The zero-order chi connectivity index (χ0) is 14.9. The summed E-state index contributed by atoms with van der Waals surface area (Å²) in [5.74, 6) is 0.948. The van der Waals surface area contributed by atoms with Gasteiger partial charge in [0, 0.05) is 24.7 Å². The minimum atomic E-state index is 0.0930. The number of nitrogens with one attached hydrogen (secondary N) is 1. The van der Waals surface area contributed by atoms with Crippen molar-refractivity contribution in [3.8, 4) is 0 Å². The molecular weight excluding hydrogens is 270 g/mol. The molecule has 0 aliphatic heterocycles. The standard InChI is InChI=1S/C15H23N3OS/c1-10-12(9-16-15(3,4)5)14(18(6)17-10)20-13-7-8-19-11(13)2/h7-8,16H,9H2,1-6H3. The van der Waals surface area contributed by atoms with E-state index < -0.39 is 0 Å². The summed E-state index contributed by atoms with van der Waals surface area (Å²) in [5.41, 5.74) is 2.43. The predicted octanol–water partition coefficient (Wildman–Crippen LogP) is 3.67. The molecule has 20 heavy (non-hydrogen) atoms. The van der Waals surface area contributed by atoms with Crippen LogP contribution < -0.4 is 5.32 Å². The van der Waals surface area contributed by atoms with E-state index in [0.29, 0.717) is 0 Å². The number of aromatic nitrogens is 2. The second kappa shape index (κ2) is 5.66. The first-order chi connectivity index (χ1) is 9.28. The van der Waals surface area contributed by atoms with Gasteiger partial charge in [-0.2, -0.15) is 5.10 Å². The van der Waals surface area contributed by atoms with Gasteiger partial charge in [-0.15, -0.1) is 0 Å². The molecule has 2 heterocycles. The number of furan rings is 1. The first-order valence-corrected chi connectivity index (χ1v) is 7.59. The van der Waals surface area contributed by atoms with Crippen molar-refractivity contribution in [2.45, 2.75) is 56.6 Å². The fourth-order valence-corrected chi connectivity index (χ4v) is 2.99. The Morgan fingerprint density at radius 1 is 1.35 bits per heavy atom. The molecule has 110 valence electrons. The Kier molecular flexibility index (Phi) is 4.30. The van der Waals surface area contributed by atoms with Gasteiger partial charge >= 0.3 is 0 Å². The van der Waals surface area contributed by atoms with Crippen LogP contribution in [-0.2, 0) is 13.6 Å². The zero-order valence-corrected chi connectivity index (χ0v) is 13.9. The van der Waals surface area contributed by atoms with Gasteiger partial charge in [0.1, 0.15) is 10.8 Å². The fraction of sp³-hybridized carbons (Fsp3) is 0.533. The van der Waals surface area contributed by atoms with Crippen molar-refractivity contribution in [2.75, 3.05) is 0 Å². The summed E-state index contributed by atoms with van der Waals surface area (Å²) >= 11 is 1.71. The van der Waals surface area contributed by atoms with E-state index in [-0.39, 0.29) is 5.54 Å². The molecule has 0 saturated carbocycles. The molecule has 1 N–H and O–H groups in total. The highest BCUT2D eigenvalue weighted by Crippen LogP contribution is 2.34. The lowest BCUT2D eigenvalue weighted by molar-refractivity contribution is 0.421. The number of hydrogen-bond donors (Lipinski definition) is 1. The Bertz CT molecular complexity index is 593. The van der Waals surface area contributed by atoms with E-state index in [0.717, 1.165) is 22.9 Å². The van der Waals surface area contributed by atoms with Crippen molar-refractivity contribution in [1.82, 2.24) is 15.1 Å². The molecule has 0 fully saturated rings. The second-order valence-electron chi connectivity index (χ2n) is 6.04. The first-order valence-electron chi connectivity index (χ1n) is 6.77. The third-order valence-corrected chi connectivity index (χ3v) is 4.45. The molecule has 2 rings (SSSR count). The first kappa shape index (κ1) is 15.2. The number of nitrogens with zero attached hydrogens (tertiary/aromatic N) is 2. The average Bonchev–Trinajstić information content (AvgIpc) is 2.82. The lowest BCUT2D eigenvalue weighted by Gasteiger charge is -2.20. The molecule has 0 amide bonds. The van der Waals surface area contributed by atoms with Gasteiger partial charge in [-0.3, -0.25) is 4.68 Å². The topological polar surface area (TPSA) is 43.0 Å². The lowest BCUT2D eigenvalue weighted by Crippen LogP contribution is -2.35. The fourth-order valence-electron chi connectivity index (χ4n) is 1.95. The third-order valence-electron chi connectivity index (χ3n) is 3.10. The van der Waals surface area contributed by atoms with Gasteiger partial charge in [0.25, 0.3) is 0 Å². The summed E-state index contributed by atoms with van der Waals surface area (Å²) in [4.78, 5) is 1.14. The molecule has 0 bridgehead atoms. The molecule has 0 aliphatic rings. The largest absolute Gasteiger partial charge is 0.468 e. The van der Waals surface area contributed by atoms with Gasteiger partial charge in [-0.05, 0) is 40.7 Å². The summed E-state index contributed by atoms with van der Waals surface area (Å²) in [5, 5.41) is 9.25. The molecule has 0 radical (unpaired) electrons. The molecular formula is C15H23N3OS. The number of rotatable bonds is 4. The van der Waals surface area contributed by atoms with Crippen molar-refractivity contribution in [3.63, 3.8) is 0 Å². The van der Waals surface area contributed by atoms with Crippen molar-refractivity contribution in [3.05, 3.63) is 29.3 Å². The molecule has 0 spiro atoms. The number of aryl methyl sites for hydroxylation is 3. The van der Waals surface area contributed by atoms with Crippen molar-refractivity contribution >= 4 is 11.8 Å². The van der Waals surface area contributed by atoms with E-state index in [4.69, 9.17) is 4.42 Å². The summed E-state index contributed by atoms with van der Waals surface area (Å²) in [6, 6.07) is 2.00. The maximum absolute atomic E-state index is 5.37. The van der Waals surface area contributed by atoms with Crippen LogP contribution in [0.2, 0.25) is 0 Å². The smallest absolute Gasteiger partial charge is 0.114 e. The number of hydrogen-bond acceptors (Lipinski definition) is 4.